The standard InChI is InChI=1S/C15H24N2O/c1-12-9-10-14(13(2)11-12)7-5-6-8-15(18)16-17(3)4/h9-11H,5-8H2,1-4H3,(H,16,18). The van der Waals surface area contributed by atoms with Gasteiger partial charge in [0.1, 0.15) is 0 Å². The summed E-state index contributed by atoms with van der Waals surface area (Å²) in [6.45, 7) is 4.27. The molecule has 1 N–H and O–H groups in total. The van der Waals surface area contributed by atoms with Crippen LogP contribution >= 0.6 is 0 Å². The number of rotatable bonds is 6. The fraction of sp³-hybridized carbons (Fsp3) is 0.533. The van der Waals surface area contributed by atoms with Crippen molar-refractivity contribution in [3.63, 3.8) is 0 Å². The van der Waals surface area contributed by atoms with E-state index < -0.39 is 0 Å². The Bertz CT molecular complexity index is 399. The van der Waals surface area contributed by atoms with E-state index in [9.17, 15) is 4.79 Å². The maximum atomic E-state index is 11.4. The molecular formula is C15H24N2O. The molecule has 0 heterocycles. The summed E-state index contributed by atoms with van der Waals surface area (Å²) in [6.07, 6.45) is 3.65. The van der Waals surface area contributed by atoms with Gasteiger partial charge < -0.3 is 0 Å². The molecule has 0 saturated heterocycles. The molecule has 1 amide bonds. The van der Waals surface area contributed by atoms with Crippen LogP contribution in [0.3, 0.4) is 0 Å². The van der Waals surface area contributed by atoms with E-state index in [-0.39, 0.29) is 5.91 Å². The minimum Gasteiger partial charge on any atom is -0.289 e. The highest BCUT2D eigenvalue weighted by Crippen LogP contribution is 2.13. The van der Waals surface area contributed by atoms with Gasteiger partial charge in [-0.3, -0.25) is 10.2 Å². The molecule has 100 valence electrons. The molecule has 1 aromatic rings. The van der Waals surface area contributed by atoms with Crippen LogP contribution in [0.4, 0.5) is 0 Å². The molecule has 1 aromatic carbocycles. The number of unbranched alkanes of at least 4 members (excludes halogenated alkanes) is 1. The first-order valence-corrected chi connectivity index (χ1v) is 6.52. The lowest BCUT2D eigenvalue weighted by atomic mass is 10.0. The Kier molecular flexibility index (Phi) is 5.86. The van der Waals surface area contributed by atoms with Crippen molar-refractivity contribution in [2.45, 2.75) is 39.5 Å². The number of aryl methyl sites for hydroxylation is 3. The summed E-state index contributed by atoms with van der Waals surface area (Å²) in [5.74, 6) is 0.0978. The summed E-state index contributed by atoms with van der Waals surface area (Å²) in [4.78, 5) is 11.4. The fourth-order valence-corrected chi connectivity index (χ4v) is 2.03. The molecule has 0 spiro atoms. The zero-order chi connectivity index (χ0) is 13.5. The lowest BCUT2D eigenvalue weighted by Crippen LogP contribution is -2.35. The summed E-state index contributed by atoms with van der Waals surface area (Å²) in [5.41, 5.74) is 6.81. The summed E-state index contributed by atoms with van der Waals surface area (Å²) in [6, 6.07) is 6.57. The first-order valence-electron chi connectivity index (χ1n) is 6.52. The molecule has 3 heteroatoms. The van der Waals surface area contributed by atoms with E-state index >= 15 is 0 Å². The summed E-state index contributed by atoms with van der Waals surface area (Å²) >= 11 is 0. The minimum atomic E-state index is 0.0978. The topological polar surface area (TPSA) is 32.3 Å². The van der Waals surface area contributed by atoms with Crippen LogP contribution in [0, 0.1) is 13.8 Å². The van der Waals surface area contributed by atoms with Crippen molar-refractivity contribution in [3.05, 3.63) is 34.9 Å². The zero-order valence-electron chi connectivity index (χ0n) is 11.9. The molecule has 0 aliphatic heterocycles. The molecule has 0 saturated carbocycles. The number of benzene rings is 1. The van der Waals surface area contributed by atoms with Gasteiger partial charge in [0.15, 0.2) is 0 Å². The van der Waals surface area contributed by atoms with Crippen LogP contribution in [0.5, 0.6) is 0 Å². The summed E-state index contributed by atoms with van der Waals surface area (Å²) < 4.78 is 0. The Balaban J connectivity index is 2.27. The number of amides is 1. The molecule has 0 atom stereocenters. The van der Waals surface area contributed by atoms with Gasteiger partial charge in [-0.05, 0) is 44.2 Å². The van der Waals surface area contributed by atoms with Gasteiger partial charge in [-0.1, -0.05) is 23.8 Å². The summed E-state index contributed by atoms with van der Waals surface area (Å²) in [7, 11) is 3.65. The van der Waals surface area contributed by atoms with E-state index in [1.165, 1.54) is 16.7 Å². The Morgan fingerprint density at radius 3 is 2.56 bits per heavy atom. The quantitative estimate of drug-likeness (QED) is 0.620. The van der Waals surface area contributed by atoms with Crippen LogP contribution in [-0.2, 0) is 11.2 Å². The third-order valence-electron chi connectivity index (χ3n) is 2.95. The average Bonchev–Trinajstić information content (AvgIpc) is 2.25. The van der Waals surface area contributed by atoms with Crippen LogP contribution in [0.1, 0.15) is 36.0 Å². The number of nitrogens with one attached hydrogen (secondary N) is 1. The molecule has 0 aromatic heterocycles. The maximum absolute atomic E-state index is 11.4. The van der Waals surface area contributed by atoms with Crippen LogP contribution in [0.2, 0.25) is 0 Å². The molecular weight excluding hydrogens is 224 g/mol. The van der Waals surface area contributed by atoms with Crippen molar-refractivity contribution in [1.82, 2.24) is 10.4 Å². The van der Waals surface area contributed by atoms with Crippen LogP contribution in [0.15, 0.2) is 18.2 Å². The number of hydrogen-bond acceptors (Lipinski definition) is 2. The van der Waals surface area contributed by atoms with Gasteiger partial charge in [-0.2, -0.15) is 0 Å². The van der Waals surface area contributed by atoms with Gasteiger partial charge in [0.05, 0.1) is 0 Å². The highest BCUT2D eigenvalue weighted by atomic mass is 16.2. The van der Waals surface area contributed by atoms with Crippen LogP contribution < -0.4 is 5.43 Å². The van der Waals surface area contributed by atoms with E-state index in [2.05, 4.69) is 37.5 Å². The summed E-state index contributed by atoms with van der Waals surface area (Å²) in [5, 5.41) is 1.69. The maximum Gasteiger partial charge on any atom is 0.234 e. The number of hydrazine groups is 1. The second-order valence-corrected chi connectivity index (χ2v) is 5.07. The molecule has 0 fully saturated rings. The molecule has 0 unspecified atom stereocenters. The van der Waals surface area contributed by atoms with Crippen molar-refractivity contribution in [2.75, 3.05) is 14.1 Å². The normalized spacial score (nSPS) is 10.7. The van der Waals surface area contributed by atoms with E-state index in [1.807, 2.05) is 14.1 Å². The monoisotopic (exact) mass is 248 g/mol. The minimum absolute atomic E-state index is 0.0978. The molecule has 0 aliphatic rings. The molecule has 0 radical (unpaired) electrons. The molecule has 0 aliphatic carbocycles. The smallest absolute Gasteiger partial charge is 0.234 e. The highest BCUT2D eigenvalue weighted by molar-refractivity contribution is 5.75. The third-order valence-corrected chi connectivity index (χ3v) is 2.95. The fourth-order valence-electron chi connectivity index (χ4n) is 2.03. The second-order valence-electron chi connectivity index (χ2n) is 5.07. The van der Waals surface area contributed by atoms with Gasteiger partial charge in [0, 0.05) is 20.5 Å². The van der Waals surface area contributed by atoms with Crippen molar-refractivity contribution < 1.29 is 4.79 Å². The van der Waals surface area contributed by atoms with E-state index in [4.69, 9.17) is 0 Å². The number of carbonyl (C=O) groups excluding carboxylic acids is 1. The zero-order valence-corrected chi connectivity index (χ0v) is 11.9. The van der Waals surface area contributed by atoms with Gasteiger partial charge in [0.2, 0.25) is 5.91 Å². The Morgan fingerprint density at radius 1 is 1.22 bits per heavy atom. The number of carbonyl (C=O) groups is 1. The van der Waals surface area contributed by atoms with Crippen molar-refractivity contribution >= 4 is 5.91 Å². The first-order chi connectivity index (χ1) is 8.49. The lowest BCUT2D eigenvalue weighted by molar-refractivity contribution is -0.124. The van der Waals surface area contributed by atoms with Gasteiger partial charge in [-0.25, -0.2) is 5.01 Å². The van der Waals surface area contributed by atoms with Gasteiger partial charge >= 0.3 is 0 Å². The highest BCUT2D eigenvalue weighted by Gasteiger charge is 2.03. The SMILES string of the molecule is Cc1ccc(CCCCC(=O)NN(C)C)c(C)c1. The molecule has 0 bridgehead atoms. The molecule has 3 nitrogen and oxygen atoms in total. The number of hydrogen-bond donors (Lipinski definition) is 1. The third kappa shape index (κ3) is 5.32. The first kappa shape index (κ1) is 14.7. The van der Waals surface area contributed by atoms with Crippen molar-refractivity contribution in [3.8, 4) is 0 Å². The van der Waals surface area contributed by atoms with Gasteiger partial charge in [0.25, 0.3) is 0 Å². The average molecular weight is 248 g/mol. The van der Waals surface area contributed by atoms with E-state index in [0.717, 1.165) is 19.3 Å². The van der Waals surface area contributed by atoms with Crippen molar-refractivity contribution in [2.24, 2.45) is 0 Å². The predicted octanol–water partition coefficient (Wildman–Crippen LogP) is 2.61. The van der Waals surface area contributed by atoms with E-state index in [1.54, 1.807) is 5.01 Å². The number of nitrogens with zero attached hydrogens (tertiary/aromatic N) is 1. The van der Waals surface area contributed by atoms with Gasteiger partial charge in [-0.15, -0.1) is 0 Å². The lowest BCUT2D eigenvalue weighted by Gasteiger charge is -2.11. The Morgan fingerprint density at radius 2 is 1.94 bits per heavy atom. The van der Waals surface area contributed by atoms with Crippen molar-refractivity contribution in [1.29, 1.82) is 0 Å². The molecule has 1 rings (SSSR count). The molecule has 18 heavy (non-hydrogen) atoms. The second kappa shape index (κ2) is 7.17. The predicted molar refractivity (Wildman–Crippen MR) is 75.3 cm³/mol. The van der Waals surface area contributed by atoms with Crippen LogP contribution in [-0.4, -0.2) is 25.0 Å². The Labute approximate surface area is 110 Å². The van der Waals surface area contributed by atoms with Crippen LogP contribution in [0.25, 0.3) is 0 Å². The van der Waals surface area contributed by atoms with E-state index in [0.29, 0.717) is 6.42 Å². The largest absolute Gasteiger partial charge is 0.289 e. The Hall–Kier alpha value is -1.35.